The van der Waals surface area contributed by atoms with Gasteiger partial charge < -0.3 is 14.7 Å². The number of rotatable bonds is 4. The number of fused-ring (bicyclic) bond motifs is 2. The highest BCUT2D eigenvalue weighted by Gasteiger charge is 2.51. The Balaban J connectivity index is 2.02. The van der Waals surface area contributed by atoms with Gasteiger partial charge in [-0.15, -0.1) is 0 Å². The summed E-state index contributed by atoms with van der Waals surface area (Å²) < 4.78 is 5.44. The molecular formula is C19H29NO2. The molecule has 0 aliphatic heterocycles. The minimum atomic E-state index is -0.715. The fourth-order valence-corrected chi connectivity index (χ4v) is 4.79. The Kier molecular flexibility index (Phi) is 4.21. The Morgan fingerprint density at radius 1 is 1.27 bits per heavy atom. The van der Waals surface area contributed by atoms with Crippen LogP contribution in [0.5, 0.6) is 5.75 Å². The summed E-state index contributed by atoms with van der Waals surface area (Å²) in [6.07, 6.45) is 4.74. The van der Waals surface area contributed by atoms with Crippen molar-refractivity contribution >= 4 is 0 Å². The molecule has 122 valence electrons. The molecular weight excluding hydrogens is 274 g/mol. The largest absolute Gasteiger partial charge is 0.497 e. The number of ether oxygens (including phenoxy) is 1. The lowest BCUT2D eigenvalue weighted by atomic mass is 9.65. The normalized spacial score (nSPS) is 34.2. The predicted molar refractivity (Wildman–Crippen MR) is 89.1 cm³/mol. The summed E-state index contributed by atoms with van der Waals surface area (Å²) in [4.78, 5) is 2.22. The van der Waals surface area contributed by atoms with E-state index < -0.39 is 5.60 Å². The molecule has 0 heterocycles. The van der Waals surface area contributed by atoms with E-state index in [1.54, 1.807) is 7.11 Å². The minimum Gasteiger partial charge on any atom is -0.497 e. The molecule has 22 heavy (non-hydrogen) atoms. The predicted octanol–water partition coefficient (Wildman–Crippen LogP) is 3.19. The number of aryl methyl sites for hydroxylation is 1. The van der Waals surface area contributed by atoms with Gasteiger partial charge in [-0.25, -0.2) is 0 Å². The molecule has 3 nitrogen and oxygen atoms in total. The minimum absolute atomic E-state index is 0.313. The average Bonchev–Trinajstić information content (AvgIpc) is 2.86. The van der Waals surface area contributed by atoms with Gasteiger partial charge in [0.2, 0.25) is 0 Å². The first-order valence-electron chi connectivity index (χ1n) is 8.45. The number of hydrogen-bond acceptors (Lipinski definition) is 3. The summed E-state index contributed by atoms with van der Waals surface area (Å²) >= 11 is 0. The SMILES string of the molecule is COc1cc(C)cc(C2(O)CC3CCC(C3)C2CN(C)C)c1. The van der Waals surface area contributed by atoms with Crippen LogP contribution < -0.4 is 4.74 Å². The van der Waals surface area contributed by atoms with Crippen LogP contribution in [0.3, 0.4) is 0 Å². The highest BCUT2D eigenvalue weighted by molar-refractivity contribution is 5.38. The maximum atomic E-state index is 11.7. The Bertz CT molecular complexity index is 542. The summed E-state index contributed by atoms with van der Waals surface area (Å²) in [6, 6.07) is 6.22. The molecule has 4 atom stereocenters. The molecule has 0 amide bonds. The van der Waals surface area contributed by atoms with E-state index in [0.29, 0.717) is 17.8 Å². The lowest BCUT2D eigenvalue weighted by Crippen LogP contribution is -2.47. The van der Waals surface area contributed by atoms with Crippen molar-refractivity contribution in [2.24, 2.45) is 17.8 Å². The number of aliphatic hydroxyl groups is 1. The summed E-state index contributed by atoms with van der Waals surface area (Å²) in [5.41, 5.74) is 1.49. The monoisotopic (exact) mass is 303 g/mol. The molecule has 0 aromatic heterocycles. The third kappa shape index (κ3) is 2.77. The van der Waals surface area contributed by atoms with E-state index in [1.807, 2.05) is 12.1 Å². The highest BCUT2D eigenvalue weighted by atomic mass is 16.5. The van der Waals surface area contributed by atoms with Crippen molar-refractivity contribution in [2.45, 2.75) is 38.2 Å². The van der Waals surface area contributed by atoms with Crippen molar-refractivity contribution in [1.29, 1.82) is 0 Å². The maximum Gasteiger partial charge on any atom is 0.119 e. The van der Waals surface area contributed by atoms with E-state index in [-0.39, 0.29) is 0 Å². The van der Waals surface area contributed by atoms with Crippen LogP contribution in [-0.2, 0) is 5.60 Å². The maximum absolute atomic E-state index is 11.7. The molecule has 3 rings (SSSR count). The zero-order chi connectivity index (χ0) is 15.9. The summed E-state index contributed by atoms with van der Waals surface area (Å²) in [5, 5.41) is 11.7. The van der Waals surface area contributed by atoms with Crippen LogP contribution in [0.4, 0.5) is 0 Å². The molecule has 4 unspecified atom stereocenters. The van der Waals surface area contributed by atoms with Crippen LogP contribution in [0.1, 0.15) is 36.8 Å². The third-order valence-corrected chi connectivity index (χ3v) is 5.71. The fourth-order valence-electron chi connectivity index (χ4n) is 4.79. The van der Waals surface area contributed by atoms with Gasteiger partial charge in [-0.2, -0.15) is 0 Å². The smallest absolute Gasteiger partial charge is 0.119 e. The molecule has 2 fully saturated rings. The van der Waals surface area contributed by atoms with E-state index in [2.05, 4.69) is 32.0 Å². The van der Waals surface area contributed by atoms with Crippen LogP contribution in [0.15, 0.2) is 18.2 Å². The van der Waals surface area contributed by atoms with Gasteiger partial charge in [0.1, 0.15) is 5.75 Å². The third-order valence-electron chi connectivity index (χ3n) is 5.71. The van der Waals surface area contributed by atoms with E-state index in [0.717, 1.165) is 29.8 Å². The van der Waals surface area contributed by atoms with E-state index in [1.165, 1.54) is 19.3 Å². The average molecular weight is 303 g/mol. The van der Waals surface area contributed by atoms with Crippen molar-refractivity contribution in [2.75, 3.05) is 27.7 Å². The molecule has 3 heteroatoms. The Hall–Kier alpha value is -1.06. The second-order valence-electron chi connectivity index (χ2n) is 7.68. The summed E-state index contributed by atoms with van der Waals surface area (Å²) in [7, 11) is 5.92. The summed E-state index contributed by atoms with van der Waals surface area (Å²) in [5.74, 6) is 2.50. The van der Waals surface area contributed by atoms with Gasteiger partial charge in [0.25, 0.3) is 0 Å². The fraction of sp³-hybridized carbons (Fsp3) is 0.684. The molecule has 2 saturated carbocycles. The molecule has 2 aliphatic carbocycles. The van der Waals surface area contributed by atoms with Gasteiger partial charge in [-0.1, -0.05) is 12.5 Å². The first kappa shape index (κ1) is 15.8. The number of hydrogen-bond donors (Lipinski definition) is 1. The zero-order valence-corrected chi connectivity index (χ0v) is 14.3. The van der Waals surface area contributed by atoms with Crippen molar-refractivity contribution in [3.05, 3.63) is 29.3 Å². The quantitative estimate of drug-likeness (QED) is 0.927. The molecule has 0 saturated heterocycles. The van der Waals surface area contributed by atoms with Gasteiger partial charge in [-0.3, -0.25) is 0 Å². The zero-order valence-electron chi connectivity index (χ0n) is 14.3. The van der Waals surface area contributed by atoms with Crippen LogP contribution in [-0.4, -0.2) is 37.8 Å². The first-order valence-corrected chi connectivity index (χ1v) is 8.45. The van der Waals surface area contributed by atoms with Gasteiger partial charge in [0.15, 0.2) is 0 Å². The molecule has 2 aliphatic rings. The number of nitrogens with zero attached hydrogens (tertiary/aromatic N) is 1. The van der Waals surface area contributed by atoms with Gasteiger partial charge in [0.05, 0.1) is 12.7 Å². The lowest BCUT2D eigenvalue weighted by Gasteiger charge is -2.45. The topological polar surface area (TPSA) is 32.7 Å². The van der Waals surface area contributed by atoms with Crippen molar-refractivity contribution in [3.8, 4) is 5.75 Å². The van der Waals surface area contributed by atoms with E-state index >= 15 is 0 Å². The molecule has 0 radical (unpaired) electrons. The first-order chi connectivity index (χ1) is 10.4. The van der Waals surface area contributed by atoms with E-state index in [4.69, 9.17) is 4.74 Å². The Morgan fingerprint density at radius 3 is 2.73 bits per heavy atom. The summed E-state index contributed by atoms with van der Waals surface area (Å²) in [6.45, 7) is 3.03. The van der Waals surface area contributed by atoms with Crippen molar-refractivity contribution in [1.82, 2.24) is 4.90 Å². The number of benzene rings is 1. The second kappa shape index (κ2) is 5.86. The van der Waals surface area contributed by atoms with Gasteiger partial charge >= 0.3 is 0 Å². The number of methoxy groups -OCH3 is 1. The Morgan fingerprint density at radius 2 is 2.05 bits per heavy atom. The van der Waals surface area contributed by atoms with Crippen LogP contribution in [0, 0.1) is 24.7 Å². The standard InChI is InChI=1S/C19H29NO2/c1-13-7-16(10-17(8-13)22-4)19(21)11-14-5-6-15(9-14)18(19)12-20(2)3/h7-8,10,14-15,18,21H,5-6,9,11-12H2,1-4H3. The molecule has 1 aromatic rings. The molecule has 0 spiro atoms. The van der Waals surface area contributed by atoms with Crippen LogP contribution in [0.25, 0.3) is 0 Å². The molecule has 2 bridgehead atoms. The van der Waals surface area contributed by atoms with Crippen molar-refractivity contribution < 1.29 is 9.84 Å². The van der Waals surface area contributed by atoms with Gasteiger partial charge in [0, 0.05) is 12.5 Å². The molecule has 1 aromatic carbocycles. The second-order valence-corrected chi connectivity index (χ2v) is 7.68. The van der Waals surface area contributed by atoms with Crippen LogP contribution in [0.2, 0.25) is 0 Å². The Labute approximate surface area is 134 Å². The lowest BCUT2D eigenvalue weighted by molar-refractivity contribution is -0.0892. The van der Waals surface area contributed by atoms with Crippen LogP contribution >= 0.6 is 0 Å². The van der Waals surface area contributed by atoms with Crippen molar-refractivity contribution in [3.63, 3.8) is 0 Å². The van der Waals surface area contributed by atoms with Gasteiger partial charge in [-0.05, 0) is 75.4 Å². The highest BCUT2D eigenvalue weighted by Crippen LogP contribution is 2.54. The molecule has 1 N–H and O–H groups in total. The van der Waals surface area contributed by atoms with E-state index in [9.17, 15) is 5.11 Å².